The molecular weight excluding hydrogens is 346 g/mol. The summed E-state index contributed by atoms with van der Waals surface area (Å²) >= 11 is 0. The first-order chi connectivity index (χ1) is 13.0. The smallest absolute Gasteiger partial charge is 0.237 e. The number of likely N-dealkylation sites (N-methyl/N-ethyl adjacent to an activating group) is 1. The number of imidazole rings is 1. The van der Waals surface area contributed by atoms with E-state index < -0.39 is 0 Å². The molecule has 0 spiro atoms. The second kappa shape index (κ2) is 8.81. The van der Waals surface area contributed by atoms with Crippen molar-refractivity contribution in [3.05, 3.63) is 36.2 Å². The molecule has 3 rings (SSSR count). The summed E-state index contributed by atoms with van der Waals surface area (Å²) in [6.45, 7) is 6.24. The van der Waals surface area contributed by atoms with E-state index in [2.05, 4.69) is 30.6 Å². The van der Waals surface area contributed by atoms with Crippen molar-refractivity contribution in [1.82, 2.24) is 35.3 Å². The lowest BCUT2D eigenvalue weighted by molar-refractivity contribution is -0.125. The van der Waals surface area contributed by atoms with E-state index in [-0.39, 0.29) is 23.9 Å². The number of nitrogens with zero attached hydrogens (tertiary/aromatic N) is 4. The molecule has 3 heterocycles. The number of carbonyl (C=O) groups is 2. The van der Waals surface area contributed by atoms with Gasteiger partial charge >= 0.3 is 0 Å². The van der Waals surface area contributed by atoms with Crippen molar-refractivity contribution in [3.63, 3.8) is 0 Å². The zero-order chi connectivity index (χ0) is 19.2. The summed E-state index contributed by atoms with van der Waals surface area (Å²) in [6.07, 6.45) is 8.05. The van der Waals surface area contributed by atoms with Gasteiger partial charge in [-0.2, -0.15) is 5.10 Å². The maximum Gasteiger partial charge on any atom is 0.237 e. The van der Waals surface area contributed by atoms with Crippen molar-refractivity contribution >= 4 is 11.8 Å². The van der Waals surface area contributed by atoms with Crippen LogP contribution in [0.5, 0.6) is 0 Å². The fourth-order valence-electron chi connectivity index (χ4n) is 3.44. The molecule has 0 aromatic carbocycles. The summed E-state index contributed by atoms with van der Waals surface area (Å²) in [5, 5.41) is 10.1. The summed E-state index contributed by atoms with van der Waals surface area (Å²) in [4.78, 5) is 33.9. The van der Waals surface area contributed by atoms with Crippen LogP contribution in [0.15, 0.2) is 24.9 Å². The van der Waals surface area contributed by atoms with Gasteiger partial charge in [-0.15, -0.1) is 0 Å². The van der Waals surface area contributed by atoms with Gasteiger partial charge in [-0.05, 0) is 25.8 Å². The zero-order valence-corrected chi connectivity index (χ0v) is 15.8. The lowest BCUT2D eigenvalue weighted by Gasteiger charge is -2.22. The molecule has 0 bridgehead atoms. The Labute approximate surface area is 158 Å². The highest BCUT2D eigenvalue weighted by Gasteiger charge is 2.37. The number of H-pyrrole nitrogens is 1. The van der Waals surface area contributed by atoms with E-state index in [1.54, 1.807) is 23.4 Å². The van der Waals surface area contributed by atoms with E-state index in [0.717, 1.165) is 11.3 Å². The number of rotatable bonds is 8. The van der Waals surface area contributed by atoms with Gasteiger partial charge < -0.3 is 15.6 Å². The predicted molar refractivity (Wildman–Crippen MR) is 99.6 cm³/mol. The van der Waals surface area contributed by atoms with Crippen LogP contribution in [-0.2, 0) is 22.7 Å². The number of hydrogen-bond donors (Lipinski definition) is 3. The molecule has 2 atom stereocenters. The molecule has 9 nitrogen and oxygen atoms in total. The monoisotopic (exact) mass is 373 g/mol. The van der Waals surface area contributed by atoms with Crippen molar-refractivity contribution in [2.24, 2.45) is 0 Å². The minimum atomic E-state index is -0.257. The third kappa shape index (κ3) is 5.16. The Morgan fingerprint density at radius 1 is 1.37 bits per heavy atom. The van der Waals surface area contributed by atoms with Crippen molar-refractivity contribution in [2.45, 2.75) is 51.9 Å². The van der Waals surface area contributed by atoms with Crippen LogP contribution in [0.2, 0.25) is 0 Å². The third-order valence-electron chi connectivity index (χ3n) is 4.68. The average molecular weight is 373 g/mol. The summed E-state index contributed by atoms with van der Waals surface area (Å²) in [5.74, 6) is -0.0213. The Bertz CT molecular complexity index is 756. The maximum absolute atomic E-state index is 12.4. The van der Waals surface area contributed by atoms with Crippen LogP contribution in [-0.4, -0.2) is 61.6 Å². The highest BCUT2D eigenvalue weighted by molar-refractivity contribution is 5.82. The van der Waals surface area contributed by atoms with Gasteiger partial charge in [0.05, 0.1) is 18.6 Å². The molecule has 1 aliphatic heterocycles. The molecule has 0 unspecified atom stereocenters. The van der Waals surface area contributed by atoms with Crippen molar-refractivity contribution in [1.29, 1.82) is 0 Å². The first kappa shape index (κ1) is 19.1. The predicted octanol–water partition coefficient (Wildman–Crippen LogP) is 0.200. The maximum atomic E-state index is 12.4. The molecule has 1 aliphatic rings. The van der Waals surface area contributed by atoms with Gasteiger partial charge in [0.25, 0.3) is 0 Å². The van der Waals surface area contributed by atoms with Gasteiger partial charge in [0.1, 0.15) is 0 Å². The van der Waals surface area contributed by atoms with Crippen molar-refractivity contribution < 1.29 is 9.59 Å². The molecule has 9 heteroatoms. The van der Waals surface area contributed by atoms with Crippen LogP contribution < -0.4 is 10.6 Å². The summed E-state index contributed by atoms with van der Waals surface area (Å²) < 4.78 is 1.77. The van der Waals surface area contributed by atoms with Gasteiger partial charge in [-0.1, -0.05) is 0 Å². The van der Waals surface area contributed by atoms with Gasteiger partial charge in [-0.3, -0.25) is 19.2 Å². The Kier molecular flexibility index (Phi) is 6.23. The van der Waals surface area contributed by atoms with Gasteiger partial charge in [0.15, 0.2) is 0 Å². The Morgan fingerprint density at radius 3 is 2.89 bits per heavy atom. The molecule has 3 N–H and O–H groups in total. The van der Waals surface area contributed by atoms with Crippen LogP contribution in [0.25, 0.3) is 0 Å². The third-order valence-corrected chi connectivity index (χ3v) is 4.68. The topological polar surface area (TPSA) is 108 Å². The van der Waals surface area contributed by atoms with Crippen LogP contribution in [0, 0.1) is 6.92 Å². The molecule has 0 aliphatic carbocycles. The average Bonchev–Trinajstić information content (AvgIpc) is 3.36. The SMILES string of the molecule is CCNC(=O)[C@@H]1C[C@@H](NC(=O)CCn2cc(C)cn2)CN1Cc1cnc[nH]1. The molecule has 2 aromatic heterocycles. The van der Waals surface area contributed by atoms with Gasteiger partial charge in [-0.25, -0.2) is 4.98 Å². The van der Waals surface area contributed by atoms with E-state index in [9.17, 15) is 9.59 Å². The van der Waals surface area contributed by atoms with Crippen LogP contribution in [0.1, 0.15) is 31.0 Å². The van der Waals surface area contributed by atoms with Gasteiger partial charge in [0, 0.05) is 56.7 Å². The molecule has 2 aromatic rings. The second-order valence-electron chi connectivity index (χ2n) is 6.95. The molecular formula is C18H27N7O2. The van der Waals surface area contributed by atoms with Crippen LogP contribution in [0.3, 0.4) is 0 Å². The molecule has 0 saturated carbocycles. The number of aromatic nitrogens is 4. The second-order valence-corrected chi connectivity index (χ2v) is 6.95. The summed E-state index contributed by atoms with van der Waals surface area (Å²) in [6, 6.07) is -0.306. The standard InChI is InChI=1S/C18H27N7O2/c1-3-20-18(27)16-6-14(10-24(16)11-15-8-19-12-21-15)23-17(26)4-5-25-9-13(2)7-22-25/h7-9,12,14,16H,3-6,10-11H2,1-2H3,(H,19,21)(H,20,27)(H,23,26)/t14-,16+/m1/s1. The number of hydrogen-bond acceptors (Lipinski definition) is 5. The lowest BCUT2D eigenvalue weighted by Crippen LogP contribution is -2.42. The fraction of sp³-hybridized carbons (Fsp3) is 0.556. The normalized spacial score (nSPS) is 19.9. The first-order valence-corrected chi connectivity index (χ1v) is 9.32. The highest BCUT2D eigenvalue weighted by Crippen LogP contribution is 2.20. The Hall–Kier alpha value is -2.68. The number of aryl methyl sites for hydroxylation is 2. The van der Waals surface area contributed by atoms with E-state index >= 15 is 0 Å². The van der Waals surface area contributed by atoms with E-state index in [4.69, 9.17) is 0 Å². The largest absolute Gasteiger partial charge is 0.355 e. The zero-order valence-electron chi connectivity index (χ0n) is 15.8. The molecule has 0 radical (unpaired) electrons. The minimum absolute atomic E-state index is 0.000723. The minimum Gasteiger partial charge on any atom is -0.355 e. The van der Waals surface area contributed by atoms with E-state index in [1.807, 2.05) is 20.0 Å². The quantitative estimate of drug-likeness (QED) is 0.613. The van der Waals surface area contributed by atoms with Crippen LogP contribution >= 0.6 is 0 Å². The van der Waals surface area contributed by atoms with Crippen molar-refractivity contribution in [3.8, 4) is 0 Å². The summed E-state index contributed by atoms with van der Waals surface area (Å²) in [7, 11) is 0. The van der Waals surface area contributed by atoms with Crippen LogP contribution in [0.4, 0.5) is 0 Å². The number of aromatic amines is 1. The molecule has 1 fully saturated rings. The van der Waals surface area contributed by atoms with E-state index in [0.29, 0.717) is 39.0 Å². The van der Waals surface area contributed by atoms with E-state index in [1.165, 1.54) is 0 Å². The highest BCUT2D eigenvalue weighted by atomic mass is 16.2. The molecule has 27 heavy (non-hydrogen) atoms. The van der Waals surface area contributed by atoms with Gasteiger partial charge in [0.2, 0.25) is 11.8 Å². The first-order valence-electron chi connectivity index (χ1n) is 9.32. The summed E-state index contributed by atoms with van der Waals surface area (Å²) in [5.41, 5.74) is 2.02. The number of carbonyl (C=O) groups excluding carboxylic acids is 2. The number of amides is 2. The number of likely N-dealkylation sites (tertiary alicyclic amines) is 1. The molecule has 2 amide bonds. The Morgan fingerprint density at radius 2 is 2.22 bits per heavy atom. The lowest BCUT2D eigenvalue weighted by atomic mass is 10.1. The molecule has 1 saturated heterocycles. The number of nitrogens with one attached hydrogen (secondary N) is 3. The fourth-order valence-corrected chi connectivity index (χ4v) is 3.44. The Balaban J connectivity index is 1.55. The molecule has 146 valence electrons. The van der Waals surface area contributed by atoms with Crippen molar-refractivity contribution in [2.75, 3.05) is 13.1 Å².